The minimum Gasteiger partial charge on any atom is -0.354 e. The molecule has 0 saturated carbocycles. The van der Waals surface area contributed by atoms with Crippen molar-refractivity contribution in [2.24, 2.45) is 5.84 Å². The topological polar surface area (TPSA) is 71.5 Å². The summed E-state index contributed by atoms with van der Waals surface area (Å²) in [6.45, 7) is 5.96. The summed E-state index contributed by atoms with van der Waals surface area (Å²) in [5.41, 5.74) is 3.42. The third-order valence-corrected chi connectivity index (χ3v) is 2.57. The maximum absolute atomic E-state index is 5.40. The van der Waals surface area contributed by atoms with Crippen LogP contribution in [-0.2, 0) is 0 Å². The quantitative estimate of drug-likeness (QED) is 0.590. The van der Waals surface area contributed by atoms with E-state index in [1.165, 1.54) is 0 Å². The second-order valence-corrected chi connectivity index (χ2v) is 3.42. The lowest BCUT2D eigenvalue weighted by Crippen LogP contribution is -2.24. The summed E-state index contributed by atoms with van der Waals surface area (Å²) in [6.07, 6.45) is 5.45. The van der Waals surface area contributed by atoms with Crippen LogP contribution >= 0.6 is 0 Å². The van der Waals surface area contributed by atoms with Crippen LogP contribution in [0.1, 0.15) is 13.8 Å². The molecule has 0 aliphatic rings. The fraction of sp³-hybridized carbons (Fsp3) is 0.400. The number of nitrogens with one attached hydrogen (secondary N) is 1. The van der Waals surface area contributed by atoms with Crippen LogP contribution in [0.4, 0.5) is 11.6 Å². The molecule has 6 heteroatoms. The van der Waals surface area contributed by atoms with Crippen molar-refractivity contribution in [3.63, 3.8) is 0 Å². The van der Waals surface area contributed by atoms with Gasteiger partial charge in [0.1, 0.15) is 0 Å². The van der Waals surface area contributed by atoms with Gasteiger partial charge in [-0.05, 0) is 13.8 Å². The number of aromatic nitrogens is 3. The van der Waals surface area contributed by atoms with Gasteiger partial charge in [-0.2, -0.15) is 0 Å². The summed E-state index contributed by atoms with van der Waals surface area (Å²) in [4.78, 5) is 10.9. The highest BCUT2D eigenvalue weighted by molar-refractivity contribution is 5.66. The summed E-state index contributed by atoms with van der Waals surface area (Å²) in [5.74, 6) is 6.88. The van der Waals surface area contributed by atoms with E-state index in [1.54, 1.807) is 6.20 Å². The third-order valence-electron chi connectivity index (χ3n) is 2.57. The first-order valence-corrected chi connectivity index (χ1v) is 5.35. The van der Waals surface area contributed by atoms with Crippen molar-refractivity contribution in [3.8, 4) is 0 Å². The summed E-state index contributed by atoms with van der Waals surface area (Å²) in [6, 6.07) is 0. The largest absolute Gasteiger partial charge is 0.354 e. The fourth-order valence-corrected chi connectivity index (χ4v) is 1.72. The smallest absolute Gasteiger partial charge is 0.180 e. The maximum atomic E-state index is 5.40. The lowest BCUT2D eigenvalue weighted by Gasteiger charge is -2.20. The molecule has 0 unspecified atom stereocenters. The number of hydrogen-bond acceptors (Lipinski definition) is 5. The first kappa shape index (κ1) is 10.7. The van der Waals surface area contributed by atoms with E-state index in [2.05, 4.69) is 34.1 Å². The number of nitrogens with zero attached hydrogens (tertiary/aromatic N) is 4. The molecule has 0 aliphatic heterocycles. The van der Waals surface area contributed by atoms with Crippen molar-refractivity contribution in [2.75, 3.05) is 23.4 Å². The van der Waals surface area contributed by atoms with Crippen LogP contribution in [0.3, 0.4) is 0 Å². The molecule has 0 spiro atoms. The average Bonchev–Trinajstić information content (AvgIpc) is 2.78. The molecule has 86 valence electrons. The Balaban J connectivity index is 2.60. The molecule has 2 heterocycles. The van der Waals surface area contributed by atoms with Crippen molar-refractivity contribution in [2.45, 2.75) is 13.8 Å². The van der Waals surface area contributed by atoms with Crippen molar-refractivity contribution in [3.05, 3.63) is 18.6 Å². The van der Waals surface area contributed by atoms with Gasteiger partial charge in [0.25, 0.3) is 0 Å². The first-order chi connectivity index (χ1) is 7.80. The monoisotopic (exact) mass is 220 g/mol. The van der Waals surface area contributed by atoms with Crippen LogP contribution in [0, 0.1) is 0 Å². The number of nitrogens with two attached hydrogens (primary N) is 1. The van der Waals surface area contributed by atoms with E-state index in [4.69, 9.17) is 5.84 Å². The molecule has 2 aromatic rings. The molecule has 3 N–H and O–H groups in total. The Morgan fingerprint density at radius 3 is 2.81 bits per heavy atom. The van der Waals surface area contributed by atoms with Crippen molar-refractivity contribution < 1.29 is 0 Å². The molecule has 0 aliphatic carbocycles. The Kier molecular flexibility index (Phi) is 2.91. The van der Waals surface area contributed by atoms with Crippen molar-refractivity contribution in [1.82, 2.24) is 14.4 Å². The van der Waals surface area contributed by atoms with Crippen LogP contribution in [0.5, 0.6) is 0 Å². The van der Waals surface area contributed by atoms with E-state index in [0.29, 0.717) is 5.82 Å². The lowest BCUT2D eigenvalue weighted by molar-refractivity contribution is 0.843. The van der Waals surface area contributed by atoms with Crippen molar-refractivity contribution >= 4 is 17.3 Å². The Morgan fingerprint density at radius 2 is 2.19 bits per heavy atom. The molecular weight excluding hydrogens is 204 g/mol. The number of rotatable bonds is 4. The molecule has 0 bridgehead atoms. The summed E-state index contributed by atoms with van der Waals surface area (Å²) < 4.78 is 1.91. The van der Waals surface area contributed by atoms with Gasteiger partial charge in [-0.3, -0.25) is 0 Å². The molecule has 0 radical (unpaired) electrons. The zero-order chi connectivity index (χ0) is 11.5. The molecule has 0 atom stereocenters. The number of imidazole rings is 1. The van der Waals surface area contributed by atoms with Gasteiger partial charge in [-0.25, -0.2) is 15.8 Å². The van der Waals surface area contributed by atoms with E-state index < -0.39 is 0 Å². The number of hydrogen-bond donors (Lipinski definition) is 2. The molecule has 6 nitrogen and oxygen atoms in total. The van der Waals surface area contributed by atoms with Gasteiger partial charge < -0.3 is 14.7 Å². The summed E-state index contributed by atoms with van der Waals surface area (Å²) in [7, 11) is 0. The number of fused-ring (bicyclic) bond motifs is 1. The Morgan fingerprint density at radius 1 is 1.44 bits per heavy atom. The Hall–Kier alpha value is -1.82. The number of hydrazine groups is 1. The van der Waals surface area contributed by atoms with E-state index in [9.17, 15) is 0 Å². The fourth-order valence-electron chi connectivity index (χ4n) is 1.72. The predicted molar refractivity (Wildman–Crippen MR) is 64.4 cm³/mol. The van der Waals surface area contributed by atoms with Crippen LogP contribution in [0.25, 0.3) is 5.65 Å². The molecule has 2 aromatic heterocycles. The average molecular weight is 220 g/mol. The normalized spacial score (nSPS) is 10.7. The lowest BCUT2D eigenvalue weighted by atomic mass is 10.4. The van der Waals surface area contributed by atoms with E-state index in [-0.39, 0.29) is 0 Å². The maximum Gasteiger partial charge on any atom is 0.180 e. The zero-order valence-electron chi connectivity index (χ0n) is 9.51. The molecule has 0 amide bonds. The first-order valence-electron chi connectivity index (χ1n) is 5.35. The second kappa shape index (κ2) is 4.36. The molecule has 16 heavy (non-hydrogen) atoms. The van der Waals surface area contributed by atoms with Crippen LogP contribution in [-0.4, -0.2) is 27.5 Å². The molecule has 0 aromatic carbocycles. The van der Waals surface area contributed by atoms with E-state index in [1.807, 2.05) is 16.8 Å². The molecule has 0 fully saturated rings. The third kappa shape index (κ3) is 1.67. The van der Waals surface area contributed by atoms with Gasteiger partial charge in [-0.1, -0.05) is 0 Å². The SMILES string of the molecule is CCN(CC)c1nc(NN)cn2ccnc12. The van der Waals surface area contributed by atoms with Gasteiger partial charge in [0.15, 0.2) is 17.3 Å². The molecule has 2 rings (SSSR count). The van der Waals surface area contributed by atoms with Crippen LogP contribution in [0.15, 0.2) is 18.6 Å². The minimum absolute atomic E-state index is 0.632. The molecule has 0 saturated heterocycles. The highest BCUT2D eigenvalue weighted by Crippen LogP contribution is 2.19. The standard InChI is InChI=1S/C10H16N6/c1-3-15(4-2)10-9-12-5-6-16(9)7-8(13-10)14-11/h5-7,14H,3-4,11H2,1-2H3. The second-order valence-electron chi connectivity index (χ2n) is 3.42. The predicted octanol–water partition coefficient (Wildman–Crippen LogP) is 0.861. The number of anilines is 2. The van der Waals surface area contributed by atoms with Gasteiger partial charge in [-0.15, -0.1) is 0 Å². The summed E-state index contributed by atoms with van der Waals surface area (Å²) >= 11 is 0. The Labute approximate surface area is 94.1 Å². The van der Waals surface area contributed by atoms with Gasteiger partial charge in [0.05, 0.1) is 6.20 Å². The van der Waals surface area contributed by atoms with Gasteiger partial charge in [0, 0.05) is 25.5 Å². The minimum atomic E-state index is 0.632. The number of nitrogen functional groups attached to an aromatic ring is 1. The zero-order valence-corrected chi connectivity index (χ0v) is 9.51. The van der Waals surface area contributed by atoms with Crippen LogP contribution < -0.4 is 16.2 Å². The molecular formula is C10H16N6. The van der Waals surface area contributed by atoms with Crippen LogP contribution in [0.2, 0.25) is 0 Å². The summed E-state index contributed by atoms with van der Waals surface area (Å²) in [5, 5.41) is 0. The van der Waals surface area contributed by atoms with Crippen molar-refractivity contribution in [1.29, 1.82) is 0 Å². The van der Waals surface area contributed by atoms with E-state index >= 15 is 0 Å². The highest BCUT2D eigenvalue weighted by Gasteiger charge is 2.11. The Bertz CT molecular complexity index is 473. The van der Waals surface area contributed by atoms with E-state index in [0.717, 1.165) is 24.6 Å². The van der Waals surface area contributed by atoms with Gasteiger partial charge in [0.2, 0.25) is 0 Å². The highest BCUT2D eigenvalue weighted by atomic mass is 15.3. The van der Waals surface area contributed by atoms with Gasteiger partial charge >= 0.3 is 0 Å².